The largest absolute Gasteiger partial charge is 0.492 e. The maximum absolute atomic E-state index is 5.91. The first-order valence-electron chi connectivity index (χ1n) is 6.68. The Morgan fingerprint density at radius 2 is 2.00 bits per heavy atom. The standard InChI is InChI=1S/C15H23NOS/c1-11-8-12(2)15(13(3)9-11)17-6-5-16-14-4-7-18-10-14/h8-9,14,16H,4-7,10H2,1-3H3. The van der Waals surface area contributed by atoms with E-state index in [2.05, 4.69) is 38.2 Å². The Labute approximate surface area is 114 Å². The summed E-state index contributed by atoms with van der Waals surface area (Å²) in [6, 6.07) is 5.06. The molecule has 1 saturated heterocycles. The maximum Gasteiger partial charge on any atom is 0.125 e. The van der Waals surface area contributed by atoms with Gasteiger partial charge in [0.05, 0.1) is 0 Å². The van der Waals surface area contributed by atoms with Gasteiger partial charge in [-0.25, -0.2) is 0 Å². The fourth-order valence-corrected chi connectivity index (χ4v) is 3.69. The summed E-state index contributed by atoms with van der Waals surface area (Å²) >= 11 is 2.04. The van der Waals surface area contributed by atoms with Crippen molar-refractivity contribution in [3.63, 3.8) is 0 Å². The van der Waals surface area contributed by atoms with E-state index in [1.165, 1.54) is 34.6 Å². The zero-order valence-corrected chi connectivity index (χ0v) is 12.4. The molecule has 1 aliphatic heterocycles. The van der Waals surface area contributed by atoms with Gasteiger partial charge in [0, 0.05) is 18.3 Å². The Kier molecular flexibility index (Phi) is 4.95. The third kappa shape index (κ3) is 3.66. The van der Waals surface area contributed by atoms with Crippen LogP contribution in [-0.2, 0) is 0 Å². The van der Waals surface area contributed by atoms with E-state index in [0.717, 1.165) is 18.9 Å². The molecule has 0 aliphatic carbocycles. The van der Waals surface area contributed by atoms with Crippen LogP contribution in [0.25, 0.3) is 0 Å². The second kappa shape index (κ2) is 6.48. The molecule has 1 atom stereocenters. The molecular weight excluding hydrogens is 242 g/mol. The van der Waals surface area contributed by atoms with Crippen molar-refractivity contribution in [1.29, 1.82) is 0 Å². The van der Waals surface area contributed by atoms with Gasteiger partial charge in [-0.1, -0.05) is 17.7 Å². The van der Waals surface area contributed by atoms with Gasteiger partial charge in [-0.15, -0.1) is 0 Å². The molecule has 18 heavy (non-hydrogen) atoms. The highest BCUT2D eigenvalue weighted by Crippen LogP contribution is 2.24. The molecule has 0 radical (unpaired) electrons. The Hall–Kier alpha value is -0.670. The lowest BCUT2D eigenvalue weighted by Crippen LogP contribution is -2.32. The molecule has 1 unspecified atom stereocenters. The number of rotatable bonds is 5. The Balaban J connectivity index is 1.79. The first-order chi connectivity index (χ1) is 8.66. The molecule has 3 heteroatoms. The van der Waals surface area contributed by atoms with Crippen LogP contribution >= 0.6 is 11.8 Å². The smallest absolute Gasteiger partial charge is 0.125 e. The molecule has 1 aliphatic rings. The minimum absolute atomic E-state index is 0.693. The number of nitrogens with one attached hydrogen (secondary N) is 1. The molecule has 1 fully saturated rings. The predicted molar refractivity (Wildman–Crippen MR) is 79.9 cm³/mol. The molecule has 0 aromatic heterocycles. The molecule has 1 heterocycles. The molecule has 2 rings (SSSR count). The van der Waals surface area contributed by atoms with Crippen molar-refractivity contribution in [2.75, 3.05) is 24.7 Å². The van der Waals surface area contributed by atoms with Crippen molar-refractivity contribution in [2.24, 2.45) is 0 Å². The summed E-state index contributed by atoms with van der Waals surface area (Å²) in [5.74, 6) is 3.61. The monoisotopic (exact) mass is 265 g/mol. The van der Waals surface area contributed by atoms with Gasteiger partial charge < -0.3 is 10.1 Å². The van der Waals surface area contributed by atoms with Crippen LogP contribution in [0.2, 0.25) is 0 Å². The van der Waals surface area contributed by atoms with Crippen molar-refractivity contribution >= 4 is 11.8 Å². The van der Waals surface area contributed by atoms with Crippen LogP contribution in [0.4, 0.5) is 0 Å². The first kappa shape index (κ1) is 13.8. The van der Waals surface area contributed by atoms with Crippen molar-refractivity contribution in [3.05, 3.63) is 28.8 Å². The van der Waals surface area contributed by atoms with Gasteiger partial charge in [-0.2, -0.15) is 11.8 Å². The minimum Gasteiger partial charge on any atom is -0.492 e. The lowest BCUT2D eigenvalue weighted by molar-refractivity contribution is 0.303. The Morgan fingerprint density at radius 3 is 2.61 bits per heavy atom. The summed E-state index contributed by atoms with van der Waals surface area (Å²) < 4.78 is 5.91. The van der Waals surface area contributed by atoms with E-state index in [4.69, 9.17) is 4.74 Å². The highest BCUT2D eigenvalue weighted by Gasteiger charge is 2.14. The molecule has 0 bridgehead atoms. The fourth-order valence-electron chi connectivity index (χ4n) is 2.51. The van der Waals surface area contributed by atoms with Crippen LogP contribution in [0.3, 0.4) is 0 Å². The van der Waals surface area contributed by atoms with Gasteiger partial charge in [0.2, 0.25) is 0 Å². The maximum atomic E-state index is 5.91. The summed E-state index contributed by atoms with van der Waals surface area (Å²) in [7, 11) is 0. The van der Waals surface area contributed by atoms with E-state index in [0.29, 0.717) is 6.04 Å². The SMILES string of the molecule is Cc1cc(C)c(OCCNC2CCSC2)c(C)c1. The molecule has 1 aromatic carbocycles. The van der Waals surface area contributed by atoms with Crippen LogP contribution in [-0.4, -0.2) is 30.7 Å². The number of aryl methyl sites for hydroxylation is 3. The van der Waals surface area contributed by atoms with E-state index in [-0.39, 0.29) is 0 Å². The van der Waals surface area contributed by atoms with Crippen LogP contribution in [0, 0.1) is 20.8 Å². The second-order valence-electron chi connectivity index (χ2n) is 5.09. The van der Waals surface area contributed by atoms with Gasteiger partial charge in [-0.05, 0) is 44.1 Å². The molecule has 0 saturated carbocycles. The number of hydrogen-bond acceptors (Lipinski definition) is 3. The number of benzene rings is 1. The third-order valence-corrected chi connectivity index (χ3v) is 4.48. The minimum atomic E-state index is 0.693. The summed E-state index contributed by atoms with van der Waals surface area (Å²) in [6.07, 6.45) is 1.30. The average molecular weight is 265 g/mol. The molecule has 1 N–H and O–H groups in total. The van der Waals surface area contributed by atoms with Crippen LogP contribution in [0.5, 0.6) is 5.75 Å². The van der Waals surface area contributed by atoms with Gasteiger partial charge in [0.1, 0.15) is 12.4 Å². The predicted octanol–water partition coefficient (Wildman–Crippen LogP) is 3.09. The Bertz CT molecular complexity index is 376. The van der Waals surface area contributed by atoms with E-state index in [1.54, 1.807) is 0 Å². The highest BCUT2D eigenvalue weighted by molar-refractivity contribution is 7.99. The topological polar surface area (TPSA) is 21.3 Å². The number of thioether (sulfide) groups is 1. The number of hydrogen-bond donors (Lipinski definition) is 1. The third-order valence-electron chi connectivity index (χ3n) is 3.32. The number of ether oxygens (including phenoxy) is 1. The highest BCUT2D eigenvalue weighted by atomic mass is 32.2. The second-order valence-corrected chi connectivity index (χ2v) is 6.24. The molecule has 0 spiro atoms. The van der Waals surface area contributed by atoms with Crippen LogP contribution < -0.4 is 10.1 Å². The van der Waals surface area contributed by atoms with Crippen molar-refractivity contribution in [2.45, 2.75) is 33.2 Å². The van der Waals surface area contributed by atoms with Crippen LogP contribution in [0.1, 0.15) is 23.1 Å². The zero-order valence-electron chi connectivity index (χ0n) is 11.6. The quantitative estimate of drug-likeness (QED) is 0.827. The van der Waals surface area contributed by atoms with Gasteiger partial charge >= 0.3 is 0 Å². The zero-order chi connectivity index (χ0) is 13.0. The summed E-state index contributed by atoms with van der Waals surface area (Å²) in [4.78, 5) is 0. The molecule has 1 aromatic rings. The van der Waals surface area contributed by atoms with Gasteiger partial charge in [0.25, 0.3) is 0 Å². The molecule has 100 valence electrons. The van der Waals surface area contributed by atoms with Crippen molar-refractivity contribution < 1.29 is 4.74 Å². The summed E-state index contributed by atoms with van der Waals surface area (Å²) in [6.45, 7) is 8.07. The Morgan fingerprint density at radius 1 is 1.28 bits per heavy atom. The molecule has 0 amide bonds. The first-order valence-corrected chi connectivity index (χ1v) is 7.84. The average Bonchev–Trinajstić information content (AvgIpc) is 2.79. The van der Waals surface area contributed by atoms with E-state index < -0.39 is 0 Å². The van der Waals surface area contributed by atoms with E-state index in [1.807, 2.05) is 11.8 Å². The van der Waals surface area contributed by atoms with E-state index in [9.17, 15) is 0 Å². The summed E-state index contributed by atoms with van der Waals surface area (Å²) in [5.41, 5.74) is 3.78. The van der Waals surface area contributed by atoms with Crippen molar-refractivity contribution in [1.82, 2.24) is 5.32 Å². The molecule has 2 nitrogen and oxygen atoms in total. The molecular formula is C15H23NOS. The van der Waals surface area contributed by atoms with Crippen LogP contribution in [0.15, 0.2) is 12.1 Å². The van der Waals surface area contributed by atoms with Gasteiger partial charge in [0.15, 0.2) is 0 Å². The summed E-state index contributed by atoms with van der Waals surface area (Å²) in [5, 5.41) is 3.56. The lowest BCUT2D eigenvalue weighted by atomic mass is 10.1. The fraction of sp³-hybridized carbons (Fsp3) is 0.600. The van der Waals surface area contributed by atoms with Crippen molar-refractivity contribution in [3.8, 4) is 5.75 Å². The van der Waals surface area contributed by atoms with Gasteiger partial charge in [-0.3, -0.25) is 0 Å². The normalized spacial score (nSPS) is 19.2. The lowest BCUT2D eigenvalue weighted by Gasteiger charge is -2.15. The van der Waals surface area contributed by atoms with E-state index >= 15 is 0 Å².